The van der Waals surface area contributed by atoms with Crippen LogP contribution >= 0.6 is 0 Å². The second kappa shape index (κ2) is 76.0. The topological polar surface area (TPSA) is 83.8 Å². The number of hydrogen-bond donors (Lipinski definition) is 2. The summed E-state index contributed by atoms with van der Waals surface area (Å²) in [5.74, 6) is 9.96. The molecule has 0 radical (unpaired) electrons. The molecule has 9 aliphatic carbocycles. The molecule has 0 saturated heterocycles. The molecule has 8 fully saturated rings. The Kier molecular flexibility index (Phi) is 77.3. The van der Waals surface area contributed by atoms with Crippen LogP contribution in [0.25, 0.3) is 10.8 Å². The van der Waals surface area contributed by atoms with Gasteiger partial charge in [0.15, 0.2) is 0 Å². The maximum Gasteiger partial charge on any atom is 0.303 e. The highest BCUT2D eigenvalue weighted by molar-refractivity contribution is 5.82. The molecule has 5 heteroatoms. The minimum absolute atomic E-state index is 0.223. The number of benzene rings is 7. The first-order valence-electron chi connectivity index (χ1n) is 50.5. The van der Waals surface area contributed by atoms with Gasteiger partial charge in [-0.15, -0.1) is 0 Å². The average molecular weight is 1670 g/mol. The number of carbonyl (C=O) groups is 2. The molecule has 8 saturated carbocycles. The van der Waals surface area contributed by atoms with Crippen molar-refractivity contribution < 1.29 is 24.5 Å². The number of ether oxygens (including phenoxy) is 1. The summed E-state index contributed by atoms with van der Waals surface area (Å²) in [4.78, 5) is 22.1. The van der Waals surface area contributed by atoms with Gasteiger partial charge < -0.3 is 14.9 Å². The van der Waals surface area contributed by atoms with E-state index in [0.717, 1.165) is 90.8 Å². The Morgan fingerprint density at radius 1 is 0.438 bits per heavy atom. The molecule has 2 N–H and O–H groups in total. The molecule has 4 bridgehead atoms. The van der Waals surface area contributed by atoms with E-state index in [1.165, 1.54) is 148 Å². The maximum atomic E-state index is 11.2. The zero-order valence-corrected chi connectivity index (χ0v) is 86.1. The van der Waals surface area contributed by atoms with E-state index in [-0.39, 0.29) is 5.41 Å². The van der Waals surface area contributed by atoms with Crippen molar-refractivity contribution >= 4 is 22.7 Å². The number of carboxylic acids is 2. The van der Waals surface area contributed by atoms with Crippen LogP contribution in [0.15, 0.2) is 182 Å². The number of fused-ring (bicyclic) bond motifs is 8. The zero-order valence-electron chi connectivity index (χ0n) is 86.1. The molecule has 7 aromatic carbocycles. The lowest BCUT2D eigenvalue weighted by molar-refractivity contribution is -0.163. The lowest BCUT2D eigenvalue weighted by atomic mass is 9.40. The van der Waals surface area contributed by atoms with Gasteiger partial charge in [-0.3, -0.25) is 9.59 Å². The molecule has 5 nitrogen and oxygen atoms in total. The highest BCUT2D eigenvalue weighted by Crippen LogP contribution is 2.71. The second-order valence-electron chi connectivity index (χ2n) is 31.9. The molecule has 7 aromatic rings. The first-order chi connectivity index (χ1) is 58.7. The normalized spacial score (nSPS) is 24.0. The Morgan fingerprint density at radius 2 is 0.843 bits per heavy atom. The molecule has 121 heavy (non-hydrogen) atoms. The maximum absolute atomic E-state index is 11.2. The van der Waals surface area contributed by atoms with E-state index < -0.39 is 11.9 Å². The number of rotatable bonds is 7. The Morgan fingerprint density at radius 3 is 1.23 bits per heavy atom. The predicted octanol–water partition coefficient (Wildman–Crippen LogP) is 36.9. The van der Waals surface area contributed by atoms with Crippen molar-refractivity contribution in [2.75, 3.05) is 6.61 Å². The van der Waals surface area contributed by atoms with Crippen molar-refractivity contribution in [2.24, 2.45) is 87.3 Å². The second-order valence-corrected chi connectivity index (χ2v) is 31.9. The molecule has 692 valence electrons. The molecule has 17 rings (SSSR count). The van der Waals surface area contributed by atoms with Gasteiger partial charge in [-0.25, -0.2) is 0 Å². The summed E-state index contributed by atoms with van der Waals surface area (Å²) in [5.41, 5.74) is 11.1. The lowest BCUT2D eigenvalue weighted by Crippen LogP contribution is -2.58. The van der Waals surface area contributed by atoms with E-state index >= 15 is 0 Å². The molecule has 0 spiro atoms. The minimum atomic E-state index is -0.625. The van der Waals surface area contributed by atoms with Crippen LogP contribution in [0.1, 0.15) is 383 Å². The standard InChI is InChI=1S/C27H46O2.C12H18O2.C10H8.C9H10O.C9H10.C9H12.2C7H8.13C2H6/c1-16-11-12-26(5)20(13-16)14-18(3)25-22-9-8-21(17(2)7-10-24(28)29)27(22,6)19(4)15-23(25)26;13-11(14)7-12-4-8-1-9(5-12)3-10(2-8)6-12;1-2-6-10-8-4-3-7-9(10)5-1;1-2-6-9-8(4-1)5-3-7-10-9;1-2-5-9-7-3-6-8(9)4-1;1-3-9-6-4-5-8(2)7-9;2*1-7-5-3-2-4-6-7;13*1-2/h16-23,25H,7-15H2,1-6H3,(H,28,29);8-10H,1-7H2,(H,13,14);1-8H;1-2,4,6H,3,5,7H2;1-2,4-5H,3,6-7H2;4-7H,3H2,1-2H3;2*2-6H,1H3;13*1-2H3. The summed E-state index contributed by atoms with van der Waals surface area (Å²) >= 11 is 0. The average Bonchev–Trinajstić information content (AvgIpc) is 1.60. The van der Waals surface area contributed by atoms with Crippen molar-refractivity contribution in [2.45, 2.75) is 391 Å². The van der Waals surface area contributed by atoms with Crippen LogP contribution in [0, 0.1) is 108 Å². The number of aliphatic carboxylic acids is 2. The zero-order chi connectivity index (χ0) is 93.5. The van der Waals surface area contributed by atoms with Gasteiger partial charge in [-0.2, -0.15) is 0 Å². The van der Waals surface area contributed by atoms with Crippen molar-refractivity contribution in [1.29, 1.82) is 0 Å². The minimum Gasteiger partial charge on any atom is -0.493 e. The summed E-state index contributed by atoms with van der Waals surface area (Å²) in [6.07, 6.45) is 26.9. The lowest BCUT2D eigenvalue weighted by Gasteiger charge is -2.65. The quantitative estimate of drug-likeness (QED) is 0.166. The van der Waals surface area contributed by atoms with Crippen LogP contribution in [0.2, 0.25) is 0 Å². The molecule has 11 unspecified atom stereocenters. The molecular formula is C116H198O5. The van der Waals surface area contributed by atoms with Gasteiger partial charge in [0, 0.05) is 6.42 Å². The Balaban J connectivity index is -0.000000424. The van der Waals surface area contributed by atoms with Crippen molar-refractivity contribution in [1.82, 2.24) is 0 Å². The molecule has 11 atom stereocenters. The number of hydrogen-bond acceptors (Lipinski definition) is 3. The fraction of sp³-hybridized carbons (Fsp3) is 0.638. The van der Waals surface area contributed by atoms with Crippen LogP contribution in [0.3, 0.4) is 0 Å². The fourth-order valence-corrected chi connectivity index (χ4v) is 20.5. The summed E-state index contributed by atoms with van der Waals surface area (Å²) < 4.78 is 5.42. The van der Waals surface area contributed by atoms with E-state index in [1.54, 1.807) is 11.1 Å². The van der Waals surface area contributed by atoms with Crippen LogP contribution in [0.5, 0.6) is 5.75 Å². The number of para-hydroxylation sites is 1. The van der Waals surface area contributed by atoms with Gasteiger partial charge in [0.2, 0.25) is 0 Å². The smallest absolute Gasteiger partial charge is 0.303 e. The Labute approximate surface area is 753 Å². The van der Waals surface area contributed by atoms with Crippen LogP contribution < -0.4 is 4.74 Å². The largest absolute Gasteiger partial charge is 0.493 e. The Bertz CT molecular complexity index is 3270. The van der Waals surface area contributed by atoms with E-state index in [0.29, 0.717) is 35.5 Å². The predicted molar refractivity (Wildman–Crippen MR) is 545 cm³/mol. The summed E-state index contributed by atoms with van der Waals surface area (Å²) in [6, 6.07) is 62.8. The highest BCUT2D eigenvalue weighted by atomic mass is 16.5. The summed E-state index contributed by atoms with van der Waals surface area (Å²) in [7, 11) is 0. The van der Waals surface area contributed by atoms with Crippen LogP contribution in [0.4, 0.5) is 0 Å². The van der Waals surface area contributed by atoms with Crippen molar-refractivity contribution in [3.8, 4) is 5.75 Å². The van der Waals surface area contributed by atoms with Gasteiger partial charge in [0.1, 0.15) is 5.75 Å². The molecular weight excluding hydrogens is 1470 g/mol. The molecule has 10 aliphatic rings. The summed E-state index contributed by atoms with van der Waals surface area (Å²) in [6.45, 7) is 76.6. The van der Waals surface area contributed by atoms with Gasteiger partial charge in [-0.1, -0.05) is 428 Å². The van der Waals surface area contributed by atoms with Gasteiger partial charge in [-0.05, 0) is 269 Å². The molecule has 1 aliphatic heterocycles. The van der Waals surface area contributed by atoms with Gasteiger partial charge >= 0.3 is 11.9 Å². The summed E-state index contributed by atoms with van der Waals surface area (Å²) in [5, 5.41) is 20.8. The third-order valence-corrected chi connectivity index (χ3v) is 25.0. The molecule has 0 amide bonds. The van der Waals surface area contributed by atoms with Gasteiger partial charge in [0.25, 0.3) is 0 Å². The van der Waals surface area contributed by atoms with E-state index in [1.807, 2.05) is 229 Å². The third kappa shape index (κ3) is 43.3. The highest BCUT2D eigenvalue weighted by Gasteiger charge is 2.64. The fourth-order valence-electron chi connectivity index (χ4n) is 20.5. The van der Waals surface area contributed by atoms with Crippen LogP contribution in [-0.4, -0.2) is 28.8 Å². The number of aryl methyl sites for hydroxylation is 7. The first kappa shape index (κ1) is 123. The first-order valence-corrected chi connectivity index (χ1v) is 50.5. The van der Waals surface area contributed by atoms with Crippen molar-refractivity contribution in [3.63, 3.8) is 0 Å². The Hall–Kier alpha value is -6.46. The monoisotopic (exact) mass is 1670 g/mol. The SMILES string of the molecule is CC.CC.CC.CC.CC.CC.CC.CC.CC.CC.CC.CC.CC.CC1CCC2(C)C(C1)CC(C)C1C2CC(C)C2(C)C(C(C)CCC(=O)O)CCC12.CCc1cccc(C)c1.Cc1ccccc1.Cc1ccccc1.O=C(O)CC12CC3CC(CC(C3)C1)C2.c1ccc2c(c1)CCC2.c1ccc2c(c1)CCCO2.c1ccc2ccccc2c1. The number of carboxylic acid groups (broad SMARTS) is 2. The molecule has 0 aromatic heterocycles. The third-order valence-electron chi connectivity index (χ3n) is 25.0. The van der Waals surface area contributed by atoms with E-state index in [4.69, 9.17) is 9.84 Å². The van der Waals surface area contributed by atoms with E-state index in [9.17, 15) is 14.7 Å². The van der Waals surface area contributed by atoms with Gasteiger partial charge in [0.05, 0.1) is 13.0 Å². The van der Waals surface area contributed by atoms with E-state index in [2.05, 4.69) is 203 Å². The van der Waals surface area contributed by atoms with Crippen molar-refractivity contribution in [3.05, 3.63) is 221 Å². The van der Waals surface area contributed by atoms with Crippen LogP contribution in [-0.2, 0) is 35.3 Å². The molecule has 1 heterocycles.